The number of carbonyl (C=O) groups is 1. The van der Waals surface area contributed by atoms with Crippen molar-refractivity contribution >= 4 is 15.8 Å². The molecule has 5 nitrogen and oxygen atoms in total. The zero-order chi connectivity index (χ0) is 14.6. The van der Waals surface area contributed by atoms with Gasteiger partial charge in [0.05, 0.1) is 11.0 Å². The van der Waals surface area contributed by atoms with Crippen LogP contribution in [0.4, 0.5) is 0 Å². The molecule has 1 aromatic carbocycles. The molecular formula is C13H19NO4S. The molecule has 1 aromatic rings. The summed E-state index contributed by atoms with van der Waals surface area (Å²) in [5.74, 6) is -0.231. The number of benzene rings is 1. The van der Waals surface area contributed by atoms with Crippen LogP contribution in [0.1, 0.15) is 31.1 Å². The van der Waals surface area contributed by atoms with E-state index in [1.165, 1.54) is 25.1 Å². The van der Waals surface area contributed by atoms with Gasteiger partial charge in [-0.2, -0.15) is 0 Å². The largest absolute Gasteiger partial charge is 0.391 e. The van der Waals surface area contributed by atoms with Gasteiger partial charge in [-0.3, -0.25) is 4.79 Å². The van der Waals surface area contributed by atoms with Gasteiger partial charge in [0.15, 0.2) is 5.78 Å². The number of carbonyl (C=O) groups excluding carboxylic acids is 1. The fourth-order valence-corrected chi connectivity index (χ4v) is 2.49. The molecule has 0 saturated heterocycles. The average molecular weight is 285 g/mol. The van der Waals surface area contributed by atoms with Gasteiger partial charge in [-0.05, 0) is 25.0 Å². The highest BCUT2D eigenvalue weighted by atomic mass is 32.2. The number of ketones is 1. The predicted octanol–water partition coefficient (Wildman–Crippen LogP) is 1.18. The van der Waals surface area contributed by atoms with E-state index in [1.54, 1.807) is 19.9 Å². The number of rotatable bonds is 6. The SMILES string of the molecule is CC(=O)c1cccc(S(=O)(=O)NCC(O)C(C)C)c1. The first-order valence-electron chi connectivity index (χ1n) is 6.03. The highest BCUT2D eigenvalue weighted by molar-refractivity contribution is 7.89. The normalized spacial score (nSPS) is 13.5. The molecule has 19 heavy (non-hydrogen) atoms. The first kappa shape index (κ1) is 15.8. The maximum Gasteiger partial charge on any atom is 0.240 e. The predicted molar refractivity (Wildman–Crippen MR) is 72.5 cm³/mol. The van der Waals surface area contributed by atoms with Crippen molar-refractivity contribution in [1.82, 2.24) is 4.72 Å². The minimum atomic E-state index is -3.71. The molecule has 0 fully saturated rings. The van der Waals surface area contributed by atoms with Crippen molar-refractivity contribution in [3.63, 3.8) is 0 Å². The van der Waals surface area contributed by atoms with Gasteiger partial charge < -0.3 is 5.11 Å². The molecule has 0 aliphatic rings. The van der Waals surface area contributed by atoms with Crippen LogP contribution in [-0.2, 0) is 10.0 Å². The van der Waals surface area contributed by atoms with E-state index in [9.17, 15) is 18.3 Å². The van der Waals surface area contributed by atoms with Gasteiger partial charge in [-0.25, -0.2) is 13.1 Å². The van der Waals surface area contributed by atoms with E-state index in [0.717, 1.165) is 0 Å². The molecule has 0 bridgehead atoms. The number of hydrogen-bond acceptors (Lipinski definition) is 4. The van der Waals surface area contributed by atoms with Gasteiger partial charge in [-0.15, -0.1) is 0 Å². The fraction of sp³-hybridized carbons (Fsp3) is 0.462. The van der Waals surface area contributed by atoms with Gasteiger partial charge in [0, 0.05) is 12.1 Å². The third-order valence-electron chi connectivity index (χ3n) is 2.80. The van der Waals surface area contributed by atoms with Crippen molar-refractivity contribution < 1.29 is 18.3 Å². The molecule has 0 radical (unpaired) electrons. The van der Waals surface area contributed by atoms with E-state index >= 15 is 0 Å². The van der Waals surface area contributed by atoms with Crippen LogP contribution in [0.25, 0.3) is 0 Å². The van der Waals surface area contributed by atoms with Gasteiger partial charge in [0.2, 0.25) is 10.0 Å². The van der Waals surface area contributed by atoms with Gasteiger partial charge >= 0.3 is 0 Å². The Kier molecular flexibility index (Phi) is 5.22. The molecule has 1 unspecified atom stereocenters. The zero-order valence-electron chi connectivity index (χ0n) is 11.3. The number of hydrogen-bond donors (Lipinski definition) is 2. The molecule has 0 aromatic heterocycles. The third-order valence-corrected chi connectivity index (χ3v) is 4.22. The summed E-state index contributed by atoms with van der Waals surface area (Å²) in [7, 11) is -3.71. The number of Topliss-reactive ketones (excluding diaryl/α,β-unsaturated/α-hetero) is 1. The molecule has 0 spiro atoms. The topological polar surface area (TPSA) is 83.5 Å². The lowest BCUT2D eigenvalue weighted by Gasteiger charge is -2.15. The molecule has 2 N–H and O–H groups in total. The second kappa shape index (κ2) is 6.27. The van der Waals surface area contributed by atoms with E-state index in [0.29, 0.717) is 5.56 Å². The molecule has 0 aliphatic carbocycles. The first-order chi connectivity index (χ1) is 8.74. The summed E-state index contributed by atoms with van der Waals surface area (Å²) < 4.78 is 26.3. The van der Waals surface area contributed by atoms with Crippen LogP contribution in [0.15, 0.2) is 29.2 Å². The quantitative estimate of drug-likeness (QED) is 0.769. The van der Waals surface area contributed by atoms with Crippen LogP contribution in [0, 0.1) is 5.92 Å². The molecule has 1 rings (SSSR count). The average Bonchev–Trinajstić information content (AvgIpc) is 2.36. The van der Waals surface area contributed by atoms with Crippen molar-refractivity contribution in [3.05, 3.63) is 29.8 Å². The van der Waals surface area contributed by atoms with E-state index in [4.69, 9.17) is 0 Å². The van der Waals surface area contributed by atoms with Crippen LogP contribution in [-0.4, -0.2) is 32.0 Å². The highest BCUT2D eigenvalue weighted by Crippen LogP contribution is 2.12. The molecule has 6 heteroatoms. The van der Waals surface area contributed by atoms with Crippen LogP contribution in [0.3, 0.4) is 0 Å². The number of sulfonamides is 1. The van der Waals surface area contributed by atoms with Gasteiger partial charge in [0.1, 0.15) is 0 Å². The zero-order valence-corrected chi connectivity index (χ0v) is 12.1. The summed E-state index contributed by atoms with van der Waals surface area (Å²) >= 11 is 0. The van der Waals surface area contributed by atoms with Crippen molar-refractivity contribution in [3.8, 4) is 0 Å². The van der Waals surface area contributed by atoms with E-state index < -0.39 is 16.1 Å². The Hall–Kier alpha value is -1.24. The summed E-state index contributed by atoms with van der Waals surface area (Å²) in [4.78, 5) is 11.2. The minimum Gasteiger partial charge on any atom is -0.391 e. The second-order valence-corrected chi connectivity index (χ2v) is 6.51. The van der Waals surface area contributed by atoms with E-state index in [-0.39, 0.29) is 23.1 Å². The van der Waals surface area contributed by atoms with Crippen molar-refractivity contribution in [1.29, 1.82) is 0 Å². The summed E-state index contributed by atoms with van der Waals surface area (Å²) in [6, 6.07) is 5.82. The van der Waals surface area contributed by atoms with Crippen LogP contribution < -0.4 is 4.72 Å². The molecule has 0 heterocycles. The van der Waals surface area contributed by atoms with Gasteiger partial charge in [-0.1, -0.05) is 26.0 Å². The van der Waals surface area contributed by atoms with E-state index in [2.05, 4.69) is 4.72 Å². The summed E-state index contributed by atoms with van der Waals surface area (Å²) in [6.45, 7) is 4.93. The number of aliphatic hydroxyl groups is 1. The summed E-state index contributed by atoms with van der Waals surface area (Å²) in [5.41, 5.74) is 0.340. The Bertz CT molecular complexity index is 552. The highest BCUT2D eigenvalue weighted by Gasteiger charge is 2.18. The maximum absolute atomic E-state index is 12.0. The molecule has 0 aliphatic heterocycles. The lowest BCUT2D eigenvalue weighted by molar-refractivity contribution is 0.101. The Morgan fingerprint density at radius 3 is 2.53 bits per heavy atom. The van der Waals surface area contributed by atoms with E-state index in [1.807, 2.05) is 0 Å². The number of nitrogens with one attached hydrogen (secondary N) is 1. The lowest BCUT2D eigenvalue weighted by Crippen LogP contribution is -2.34. The smallest absolute Gasteiger partial charge is 0.240 e. The number of aliphatic hydroxyl groups excluding tert-OH is 1. The summed E-state index contributed by atoms with van der Waals surface area (Å²) in [6.07, 6.45) is -0.745. The lowest BCUT2D eigenvalue weighted by atomic mass is 10.1. The second-order valence-electron chi connectivity index (χ2n) is 4.75. The molecule has 106 valence electrons. The van der Waals surface area contributed by atoms with Crippen molar-refractivity contribution in [2.45, 2.75) is 31.8 Å². The first-order valence-corrected chi connectivity index (χ1v) is 7.51. The molecule has 0 saturated carbocycles. The Balaban J connectivity index is 2.89. The maximum atomic E-state index is 12.0. The van der Waals surface area contributed by atoms with Gasteiger partial charge in [0.25, 0.3) is 0 Å². The Labute approximate surface area is 113 Å². The third kappa shape index (κ3) is 4.41. The Morgan fingerprint density at radius 1 is 1.37 bits per heavy atom. The molecule has 0 amide bonds. The van der Waals surface area contributed by atoms with Crippen molar-refractivity contribution in [2.24, 2.45) is 5.92 Å². The van der Waals surface area contributed by atoms with Crippen LogP contribution >= 0.6 is 0 Å². The minimum absolute atomic E-state index is 0.0242. The summed E-state index contributed by atoms with van der Waals surface area (Å²) in [5, 5.41) is 9.60. The monoisotopic (exact) mass is 285 g/mol. The molecule has 1 atom stereocenters. The van der Waals surface area contributed by atoms with Crippen LogP contribution in [0.2, 0.25) is 0 Å². The molecular weight excluding hydrogens is 266 g/mol. The van der Waals surface area contributed by atoms with Crippen molar-refractivity contribution in [2.75, 3.05) is 6.54 Å². The van der Waals surface area contributed by atoms with Crippen LogP contribution in [0.5, 0.6) is 0 Å². The fourth-order valence-electron chi connectivity index (χ4n) is 1.40. The standard InChI is InChI=1S/C13H19NO4S/c1-9(2)13(16)8-14-19(17,18)12-6-4-5-11(7-12)10(3)15/h4-7,9,13-14,16H,8H2,1-3H3. The Morgan fingerprint density at radius 2 is 2.00 bits per heavy atom.